The van der Waals surface area contributed by atoms with Crippen molar-refractivity contribution in [3.8, 4) is 17.2 Å². The van der Waals surface area contributed by atoms with Gasteiger partial charge in [-0.05, 0) is 36.6 Å². The second kappa shape index (κ2) is 9.92. The SMILES string of the molecule is CCCOc1c(Cl)cc(C(=O)NCCc2ccccc2OC)cc1OC. The Morgan fingerprint density at radius 1 is 1.12 bits per heavy atom. The number of benzene rings is 2. The van der Waals surface area contributed by atoms with Gasteiger partial charge in [0.05, 0.1) is 25.8 Å². The average Bonchev–Trinajstić information content (AvgIpc) is 2.66. The molecule has 2 rings (SSSR count). The third-order valence-electron chi connectivity index (χ3n) is 3.81. The van der Waals surface area contributed by atoms with Crippen LogP contribution >= 0.6 is 11.6 Å². The van der Waals surface area contributed by atoms with Crippen LogP contribution < -0.4 is 19.5 Å². The van der Waals surface area contributed by atoms with Crippen LogP contribution in [0.2, 0.25) is 5.02 Å². The van der Waals surface area contributed by atoms with Gasteiger partial charge < -0.3 is 19.5 Å². The monoisotopic (exact) mass is 377 g/mol. The second-order valence-corrected chi connectivity index (χ2v) is 6.06. The first kappa shape index (κ1) is 19.9. The van der Waals surface area contributed by atoms with Crippen molar-refractivity contribution >= 4 is 17.5 Å². The minimum Gasteiger partial charge on any atom is -0.496 e. The minimum absolute atomic E-state index is 0.220. The lowest BCUT2D eigenvalue weighted by Gasteiger charge is -2.14. The molecule has 0 radical (unpaired) electrons. The predicted octanol–water partition coefficient (Wildman–Crippen LogP) is 4.12. The van der Waals surface area contributed by atoms with Gasteiger partial charge in [-0.15, -0.1) is 0 Å². The van der Waals surface area contributed by atoms with Crippen LogP contribution in [-0.4, -0.2) is 33.3 Å². The fourth-order valence-electron chi connectivity index (χ4n) is 2.52. The Bertz CT molecular complexity index is 749. The van der Waals surface area contributed by atoms with E-state index in [0.29, 0.717) is 41.7 Å². The fourth-order valence-corrected chi connectivity index (χ4v) is 2.78. The van der Waals surface area contributed by atoms with E-state index in [4.69, 9.17) is 25.8 Å². The van der Waals surface area contributed by atoms with Gasteiger partial charge in [-0.3, -0.25) is 4.79 Å². The van der Waals surface area contributed by atoms with E-state index in [1.54, 1.807) is 19.2 Å². The normalized spacial score (nSPS) is 10.3. The van der Waals surface area contributed by atoms with E-state index in [2.05, 4.69) is 5.32 Å². The molecule has 140 valence electrons. The van der Waals surface area contributed by atoms with Crippen molar-refractivity contribution in [1.29, 1.82) is 0 Å². The third kappa shape index (κ3) is 5.05. The van der Waals surface area contributed by atoms with Crippen LogP contribution in [0.3, 0.4) is 0 Å². The van der Waals surface area contributed by atoms with Gasteiger partial charge in [-0.1, -0.05) is 36.7 Å². The molecule has 0 aromatic heterocycles. The molecule has 0 aliphatic heterocycles. The Morgan fingerprint density at radius 2 is 1.85 bits per heavy atom. The smallest absolute Gasteiger partial charge is 0.251 e. The molecule has 1 amide bonds. The molecule has 2 aromatic rings. The van der Waals surface area contributed by atoms with Crippen molar-refractivity contribution in [3.63, 3.8) is 0 Å². The molecular weight excluding hydrogens is 354 g/mol. The summed E-state index contributed by atoms with van der Waals surface area (Å²) >= 11 is 6.26. The van der Waals surface area contributed by atoms with Gasteiger partial charge in [0.15, 0.2) is 11.5 Å². The molecule has 2 aromatic carbocycles. The molecule has 0 saturated carbocycles. The first-order valence-corrected chi connectivity index (χ1v) is 8.88. The van der Waals surface area contributed by atoms with Crippen LogP contribution in [0.4, 0.5) is 0 Å². The fraction of sp³-hybridized carbons (Fsp3) is 0.350. The maximum atomic E-state index is 12.4. The van der Waals surface area contributed by atoms with E-state index in [1.807, 2.05) is 31.2 Å². The lowest BCUT2D eigenvalue weighted by molar-refractivity contribution is 0.0953. The molecular formula is C20H24ClNO4. The summed E-state index contributed by atoms with van der Waals surface area (Å²) in [6, 6.07) is 11.0. The van der Waals surface area contributed by atoms with E-state index in [1.165, 1.54) is 7.11 Å². The van der Waals surface area contributed by atoms with E-state index < -0.39 is 0 Å². The van der Waals surface area contributed by atoms with Gasteiger partial charge in [0.2, 0.25) is 0 Å². The highest BCUT2D eigenvalue weighted by Crippen LogP contribution is 2.36. The number of methoxy groups -OCH3 is 2. The highest BCUT2D eigenvalue weighted by molar-refractivity contribution is 6.32. The number of carbonyl (C=O) groups is 1. The number of carbonyl (C=O) groups excluding carboxylic acids is 1. The predicted molar refractivity (Wildman–Crippen MR) is 103 cm³/mol. The van der Waals surface area contributed by atoms with Crippen molar-refractivity contribution in [2.75, 3.05) is 27.4 Å². The lowest BCUT2D eigenvalue weighted by atomic mass is 10.1. The van der Waals surface area contributed by atoms with Crippen LogP contribution in [0.5, 0.6) is 17.2 Å². The number of amides is 1. The van der Waals surface area contributed by atoms with E-state index in [9.17, 15) is 4.79 Å². The average molecular weight is 378 g/mol. The molecule has 5 nitrogen and oxygen atoms in total. The number of para-hydroxylation sites is 1. The summed E-state index contributed by atoms with van der Waals surface area (Å²) < 4.78 is 16.2. The summed E-state index contributed by atoms with van der Waals surface area (Å²) in [5.41, 5.74) is 1.46. The quantitative estimate of drug-likeness (QED) is 0.714. The zero-order valence-corrected chi connectivity index (χ0v) is 16.1. The number of ether oxygens (including phenoxy) is 3. The number of rotatable bonds is 9. The Balaban J connectivity index is 2.04. The van der Waals surface area contributed by atoms with Crippen molar-refractivity contribution in [2.45, 2.75) is 19.8 Å². The molecule has 0 aliphatic carbocycles. The molecule has 0 heterocycles. The van der Waals surface area contributed by atoms with Crippen molar-refractivity contribution in [2.24, 2.45) is 0 Å². The molecule has 26 heavy (non-hydrogen) atoms. The van der Waals surface area contributed by atoms with Crippen molar-refractivity contribution in [3.05, 3.63) is 52.5 Å². The largest absolute Gasteiger partial charge is 0.496 e. The summed E-state index contributed by atoms with van der Waals surface area (Å²) in [6.45, 7) is 3.01. The number of hydrogen-bond acceptors (Lipinski definition) is 4. The maximum absolute atomic E-state index is 12.4. The zero-order valence-electron chi connectivity index (χ0n) is 15.3. The second-order valence-electron chi connectivity index (χ2n) is 5.66. The molecule has 1 N–H and O–H groups in total. The van der Waals surface area contributed by atoms with Gasteiger partial charge in [-0.25, -0.2) is 0 Å². The van der Waals surface area contributed by atoms with Crippen molar-refractivity contribution in [1.82, 2.24) is 5.32 Å². The van der Waals surface area contributed by atoms with Gasteiger partial charge >= 0.3 is 0 Å². The molecule has 0 unspecified atom stereocenters. The Labute approximate surface area is 159 Å². The molecule has 0 spiro atoms. The molecule has 0 aliphatic rings. The van der Waals surface area contributed by atoms with Gasteiger partial charge in [0.25, 0.3) is 5.91 Å². The first-order valence-electron chi connectivity index (χ1n) is 8.51. The van der Waals surface area contributed by atoms with Crippen LogP contribution in [0, 0.1) is 0 Å². The molecule has 6 heteroatoms. The Kier molecular flexibility index (Phi) is 7.60. The summed E-state index contributed by atoms with van der Waals surface area (Å²) in [4.78, 5) is 12.4. The minimum atomic E-state index is -0.220. The summed E-state index contributed by atoms with van der Waals surface area (Å²) in [5, 5.41) is 3.24. The Hall–Kier alpha value is -2.40. The maximum Gasteiger partial charge on any atom is 0.251 e. The van der Waals surface area contributed by atoms with Crippen LogP contribution in [0.25, 0.3) is 0 Å². The standard InChI is InChI=1S/C20H24ClNO4/c1-4-11-26-19-16(21)12-15(13-18(19)25-3)20(23)22-10-9-14-7-5-6-8-17(14)24-2/h5-8,12-13H,4,9-11H2,1-3H3,(H,22,23). The van der Waals surface area contributed by atoms with Gasteiger partial charge in [0.1, 0.15) is 5.75 Å². The third-order valence-corrected chi connectivity index (χ3v) is 4.10. The summed E-state index contributed by atoms with van der Waals surface area (Å²) in [7, 11) is 3.15. The molecule has 0 bridgehead atoms. The van der Waals surface area contributed by atoms with Crippen molar-refractivity contribution < 1.29 is 19.0 Å². The van der Waals surface area contributed by atoms with E-state index >= 15 is 0 Å². The van der Waals surface area contributed by atoms with E-state index in [0.717, 1.165) is 17.7 Å². The van der Waals surface area contributed by atoms with Gasteiger partial charge in [-0.2, -0.15) is 0 Å². The van der Waals surface area contributed by atoms with Gasteiger partial charge in [0, 0.05) is 12.1 Å². The molecule has 0 atom stereocenters. The van der Waals surface area contributed by atoms with E-state index in [-0.39, 0.29) is 5.91 Å². The number of halogens is 1. The first-order chi connectivity index (χ1) is 12.6. The van der Waals surface area contributed by atoms with Crippen LogP contribution in [0.15, 0.2) is 36.4 Å². The van der Waals surface area contributed by atoms with Crippen LogP contribution in [0.1, 0.15) is 29.3 Å². The lowest BCUT2D eigenvalue weighted by Crippen LogP contribution is -2.25. The number of hydrogen-bond donors (Lipinski definition) is 1. The highest BCUT2D eigenvalue weighted by atomic mass is 35.5. The summed E-state index contributed by atoms with van der Waals surface area (Å²) in [6.07, 6.45) is 1.52. The zero-order chi connectivity index (χ0) is 18.9. The molecule has 0 fully saturated rings. The summed E-state index contributed by atoms with van der Waals surface area (Å²) in [5.74, 6) is 1.49. The topological polar surface area (TPSA) is 56.8 Å². The number of nitrogens with one attached hydrogen (secondary N) is 1. The molecule has 0 saturated heterocycles. The Morgan fingerprint density at radius 3 is 2.54 bits per heavy atom. The highest BCUT2D eigenvalue weighted by Gasteiger charge is 2.16. The van der Waals surface area contributed by atoms with Crippen LogP contribution in [-0.2, 0) is 6.42 Å².